The first-order valence-electron chi connectivity index (χ1n) is 9.11. The maximum atomic E-state index is 11.2. The third-order valence-corrected chi connectivity index (χ3v) is 7.09. The molecule has 3 aromatic heterocycles. The Bertz CT molecular complexity index is 916. The zero-order valence-corrected chi connectivity index (χ0v) is 17.7. The number of rotatable bonds is 9. The van der Waals surface area contributed by atoms with Crippen LogP contribution in [0.4, 0.5) is 0 Å². The minimum Gasteiger partial charge on any atom is -0.376 e. The highest BCUT2D eigenvalue weighted by Crippen LogP contribution is 2.29. The number of thiophene rings is 1. The van der Waals surface area contributed by atoms with Crippen LogP contribution in [0, 0.1) is 0 Å². The molecule has 1 unspecified atom stereocenters. The third-order valence-electron chi connectivity index (χ3n) is 4.47. The number of aryl methyl sites for hydroxylation is 1. The predicted octanol–water partition coefficient (Wildman–Crippen LogP) is 3.35. The highest BCUT2D eigenvalue weighted by Gasteiger charge is 2.21. The first-order valence-corrected chi connectivity index (χ1v) is 11.9. The van der Waals surface area contributed by atoms with Gasteiger partial charge in [0.1, 0.15) is 10.8 Å². The number of thioether (sulfide) groups is 1. The van der Waals surface area contributed by atoms with Crippen molar-refractivity contribution in [2.75, 3.05) is 6.61 Å². The van der Waals surface area contributed by atoms with Crippen molar-refractivity contribution in [1.29, 1.82) is 0 Å². The van der Waals surface area contributed by atoms with Gasteiger partial charge < -0.3 is 15.0 Å². The first-order chi connectivity index (χ1) is 13.7. The van der Waals surface area contributed by atoms with E-state index in [4.69, 9.17) is 15.5 Å². The molecule has 7 nitrogen and oxygen atoms in total. The van der Waals surface area contributed by atoms with Gasteiger partial charge in [-0.05, 0) is 24.3 Å². The molecule has 0 aliphatic carbocycles. The van der Waals surface area contributed by atoms with Gasteiger partial charge >= 0.3 is 0 Å². The van der Waals surface area contributed by atoms with Gasteiger partial charge in [0.05, 0.1) is 18.3 Å². The summed E-state index contributed by atoms with van der Waals surface area (Å²) in [6, 6.07) is 2.09. The zero-order chi connectivity index (χ0) is 19.3. The van der Waals surface area contributed by atoms with Gasteiger partial charge in [-0.1, -0.05) is 11.8 Å². The highest BCUT2D eigenvalue weighted by atomic mass is 32.2. The molecule has 0 spiro atoms. The van der Waals surface area contributed by atoms with Crippen LogP contribution >= 0.6 is 34.4 Å². The predicted molar refractivity (Wildman–Crippen MR) is 111 cm³/mol. The summed E-state index contributed by atoms with van der Waals surface area (Å²) in [5, 5.41) is 16.8. The fourth-order valence-corrected chi connectivity index (χ4v) is 5.55. The molecule has 1 atom stereocenters. The number of primary amides is 1. The van der Waals surface area contributed by atoms with E-state index in [1.54, 1.807) is 34.4 Å². The normalized spacial score (nSPS) is 16.6. The van der Waals surface area contributed by atoms with Crippen molar-refractivity contribution in [3.8, 4) is 10.6 Å². The van der Waals surface area contributed by atoms with Crippen molar-refractivity contribution in [2.24, 2.45) is 5.73 Å². The standard InChI is InChI=1S/C18H21N5O2S3/c19-15(24)3-4-16-21-22-18(23(16)8-14-2-1-6-25-14)28-11-13-10-27-17(20-13)12-5-7-26-9-12/h5,7,9-10,14H,1-4,6,8,11H2,(H2,19,24). The van der Waals surface area contributed by atoms with E-state index < -0.39 is 0 Å². The minimum atomic E-state index is -0.329. The van der Waals surface area contributed by atoms with Gasteiger partial charge in [0.2, 0.25) is 5.91 Å². The molecule has 1 saturated heterocycles. The van der Waals surface area contributed by atoms with Crippen LogP contribution in [-0.2, 0) is 28.2 Å². The molecule has 0 bridgehead atoms. The van der Waals surface area contributed by atoms with Crippen molar-refractivity contribution in [1.82, 2.24) is 19.7 Å². The van der Waals surface area contributed by atoms with Crippen molar-refractivity contribution < 1.29 is 9.53 Å². The van der Waals surface area contributed by atoms with Crippen LogP contribution in [0.25, 0.3) is 10.6 Å². The summed E-state index contributed by atoms with van der Waals surface area (Å²) >= 11 is 4.95. The maximum absolute atomic E-state index is 11.2. The Kier molecular flexibility index (Phi) is 6.40. The molecule has 3 aromatic rings. The molecule has 1 aliphatic rings. The third kappa shape index (κ3) is 4.80. The second kappa shape index (κ2) is 9.17. The van der Waals surface area contributed by atoms with Crippen LogP contribution in [0.2, 0.25) is 0 Å². The molecular weight excluding hydrogens is 414 g/mol. The Labute approximate surface area is 175 Å². The second-order valence-corrected chi connectivity index (χ2v) is 9.14. The van der Waals surface area contributed by atoms with Gasteiger partial charge in [-0.15, -0.1) is 21.5 Å². The molecule has 28 heavy (non-hydrogen) atoms. The number of carbonyl (C=O) groups excluding carboxylic acids is 1. The number of thiazole rings is 1. The van der Waals surface area contributed by atoms with Gasteiger partial charge in [0.25, 0.3) is 0 Å². The molecule has 4 heterocycles. The Hall–Kier alpha value is -1.75. The Morgan fingerprint density at radius 2 is 2.32 bits per heavy atom. The highest BCUT2D eigenvalue weighted by molar-refractivity contribution is 7.98. The first kappa shape index (κ1) is 19.6. The number of aromatic nitrogens is 4. The van der Waals surface area contributed by atoms with Crippen molar-refractivity contribution in [3.05, 3.63) is 33.7 Å². The summed E-state index contributed by atoms with van der Waals surface area (Å²) < 4.78 is 7.86. The summed E-state index contributed by atoms with van der Waals surface area (Å²) in [6.07, 6.45) is 3.05. The van der Waals surface area contributed by atoms with Gasteiger partial charge in [-0.3, -0.25) is 4.79 Å². The lowest BCUT2D eigenvalue weighted by molar-refractivity contribution is -0.118. The molecule has 1 fully saturated rings. The van der Waals surface area contributed by atoms with E-state index in [0.717, 1.165) is 46.9 Å². The van der Waals surface area contributed by atoms with Crippen molar-refractivity contribution >= 4 is 40.3 Å². The minimum absolute atomic E-state index is 0.173. The number of ether oxygens (including phenoxy) is 1. The fraction of sp³-hybridized carbons (Fsp3) is 0.444. The molecule has 1 aliphatic heterocycles. The second-order valence-electron chi connectivity index (χ2n) is 6.56. The largest absolute Gasteiger partial charge is 0.376 e. The molecule has 0 radical (unpaired) electrons. The lowest BCUT2D eigenvalue weighted by Gasteiger charge is -2.14. The quantitative estimate of drug-likeness (QED) is 0.518. The van der Waals surface area contributed by atoms with E-state index >= 15 is 0 Å². The van der Waals surface area contributed by atoms with Gasteiger partial charge in [0, 0.05) is 41.5 Å². The van der Waals surface area contributed by atoms with E-state index in [1.165, 1.54) is 5.56 Å². The number of amides is 1. The van der Waals surface area contributed by atoms with Gasteiger partial charge in [-0.2, -0.15) is 11.3 Å². The monoisotopic (exact) mass is 435 g/mol. The van der Waals surface area contributed by atoms with Crippen LogP contribution in [0.1, 0.15) is 30.8 Å². The SMILES string of the molecule is NC(=O)CCc1nnc(SCc2csc(-c3ccsc3)n2)n1CC1CCCO1. The van der Waals surface area contributed by atoms with Crippen LogP contribution in [0.3, 0.4) is 0 Å². The molecular formula is C18H21N5O2S3. The number of nitrogens with zero attached hydrogens (tertiary/aromatic N) is 4. The average Bonchev–Trinajstić information content (AvgIpc) is 3.45. The molecule has 0 aromatic carbocycles. The molecule has 2 N–H and O–H groups in total. The summed E-state index contributed by atoms with van der Waals surface area (Å²) in [6.45, 7) is 1.51. The number of hydrogen-bond donors (Lipinski definition) is 1. The summed E-state index contributed by atoms with van der Waals surface area (Å²) in [7, 11) is 0. The fourth-order valence-electron chi connectivity index (χ4n) is 3.05. The molecule has 10 heteroatoms. The Morgan fingerprint density at radius 3 is 3.07 bits per heavy atom. The van der Waals surface area contributed by atoms with Crippen LogP contribution in [0.5, 0.6) is 0 Å². The zero-order valence-electron chi connectivity index (χ0n) is 15.2. The number of nitrogens with two attached hydrogens (primary N) is 1. The smallest absolute Gasteiger partial charge is 0.217 e. The molecule has 148 valence electrons. The number of hydrogen-bond acceptors (Lipinski definition) is 8. The maximum Gasteiger partial charge on any atom is 0.217 e. The molecule has 1 amide bonds. The van der Waals surface area contributed by atoms with E-state index in [1.807, 2.05) is 0 Å². The summed E-state index contributed by atoms with van der Waals surface area (Å²) in [4.78, 5) is 15.9. The van der Waals surface area contributed by atoms with E-state index in [2.05, 4.69) is 37.0 Å². The Balaban J connectivity index is 1.46. The summed E-state index contributed by atoms with van der Waals surface area (Å²) in [5.74, 6) is 1.18. The van der Waals surface area contributed by atoms with E-state index in [-0.39, 0.29) is 18.4 Å². The van der Waals surface area contributed by atoms with E-state index in [9.17, 15) is 4.79 Å². The Morgan fingerprint density at radius 1 is 1.39 bits per heavy atom. The van der Waals surface area contributed by atoms with Crippen LogP contribution < -0.4 is 5.73 Å². The number of carbonyl (C=O) groups is 1. The van der Waals surface area contributed by atoms with Crippen molar-refractivity contribution in [3.63, 3.8) is 0 Å². The molecule has 4 rings (SSSR count). The van der Waals surface area contributed by atoms with E-state index in [0.29, 0.717) is 13.0 Å². The van der Waals surface area contributed by atoms with Crippen molar-refractivity contribution in [2.45, 2.75) is 49.2 Å². The average molecular weight is 436 g/mol. The lowest BCUT2D eigenvalue weighted by Crippen LogP contribution is -2.19. The topological polar surface area (TPSA) is 95.9 Å². The lowest BCUT2D eigenvalue weighted by atomic mass is 10.2. The van der Waals surface area contributed by atoms with Crippen LogP contribution in [0.15, 0.2) is 27.4 Å². The van der Waals surface area contributed by atoms with Gasteiger partial charge in [-0.25, -0.2) is 4.98 Å². The molecule has 0 saturated carbocycles. The van der Waals surface area contributed by atoms with Crippen LogP contribution in [-0.4, -0.2) is 38.4 Å². The summed E-state index contributed by atoms with van der Waals surface area (Å²) in [5.41, 5.74) is 7.50. The van der Waals surface area contributed by atoms with Gasteiger partial charge in [0.15, 0.2) is 5.16 Å².